The van der Waals surface area contributed by atoms with Gasteiger partial charge < -0.3 is 9.47 Å². The van der Waals surface area contributed by atoms with E-state index < -0.39 is 0 Å². The van der Waals surface area contributed by atoms with Gasteiger partial charge in [0.25, 0.3) is 0 Å². The van der Waals surface area contributed by atoms with Gasteiger partial charge in [0.1, 0.15) is 11.4 Å². The second-order valence-electron chi connectivity index (χ2n) is 6.16. The lowest BCUT2D eigenvalue weighted by Crippen LogP contribution is -2.19. The summed E-state index contributed by atoms with van der Waals surface area (Å²) in [7, 11) is 1.65. The van der Waals surface area contributed by atoms with Gasteiger partial charge in [-0.3, -0.25) is 0 Å². The van der Waals surface area contributed by atoms with E-state index in [0.29, 0.717) is 5.56 Å². The molecule has 0 bridgehead atoms. The number of nitrogens with zero attached hydrogens (tertiary/aromatic N) is 3. The van der Waals surface area contributed by atoms with Crippen LogP contribution in [0.4, 0.5) is 0 Å². The number of nitriles is 1. The Balaban J connectivity index is 1.95. The molecule has 0 amide bonds. The van der Waals surface area contributed by atoms with Crippen molar-refractivity contribution in [2.24, 2.45) is 0 Å². The molecule has 3 aromatic rings. The van der Waals surface area contributed by atoms with Crippen LogP contribution in [-0.4, -0.2) is 23.5 Å². The Bertz CT molecular complexity index is 949. The average molecular weight is 333 g/mol. The SMILES string of the molecule is COc1cccc(-c2nn(C3CCCCO3)c3cccc(C#N)c23)c1. The van der Waals surface area contributed by atoms with Crippen molar-refractivity contribution in [2.75, 3.05) is 13.7 Å². The first-order valence-corrected chi connectivity index (χ1v) is 8.49. The van der Waals surface area contributed by atoms with Gasteiger partial charge in [-0.05, 0) is 43.5 Å². The lowest BCUT2D eigenvalue weighted by molar-refractivity contribution is -0.0365. The average Bonchev–Trinajstić information content (AvgIpc) is 3.08. The first-order valence-electron chi connectivity index (χ1n) is 8.49. The van der Waals surface area contributed by atoms with Gasteiger partial charge in [-0.15, -0.1) is 0 Å². The van der Waals surface area contributed by atoms with Gasteiger partial charge in [0.2, 0.25) is 0 Å². The Morgan fingerprint density at radius 2 is 2.12 bits per heavy atom. The molecule has 1 unspecified atom stereocenters. The van der Waals surface area contributed by atoms with Crippen LogP contribution in [0.1, 0.15) is 31.1 Å². The van der Waals surface area contributed by atoms with Crippen molar-refractivity contribution in [3.05, 3.63) is 48.0 Å². The van der Waals surface area contributed by atoms with E-state index >= 15 is 0 Å². The van der Waals surface area contributed by atoms with Crippen LogP contribution in [0.2, 0.25) is 0 Å². The van der Waals surface area contributed by atoms with E-state index in [-0.39, 0.29) is 6.23 Å². The standard InChI is InChI=1S/C20H19N3O2/c1-24-16-8-4-6-14(12-16)20-19-15(13-21)7-5-9-17(19)23(22-20)18-10-2-3-11-25-18/h4-9,12,18H,2-3,10-11H2,1H3. The van der Waals surface area contributed by atoms with Crippen molar-refractivity contribution in [1.29, 1.82) is 5.26 Å². The monoisotopic (exact) mass is 333 g/mol. The summed E-state index contributed by atoms with van der Waals surface area (Å²) in [5, 5.41) is 15.3. The maximum absolute atomic E-state index is 9.58. The number of methoxy groups -OCH3 is 1. The molecule has 2 aromatic carbocycles. The van der Waals surface area contributed by atoms with Gasteiger partial charge in [-0.2, -0.15) is 10.4 Å². The maximum Gasteiger partial charge on any atom is 0.150 e. The molecule has 0 spiro atoms. The summed E-state index contributed by atoms with van der Waals surface area (Å²) >= 11 is 0. The topological polar surface area (TPSA) is 60.1 Å². The molecule has 1 aliphatic rings. The van der Waals surface area contributed by atoms with Crippen LogP contribution in [0, 0.1) is 11.3 Å². The van der Waals surface area contributed by atoms with Crippen LogP contribution in [-0.2, 0) is 4.74 Å². The number of ether oxygens (including phenoxy) is 2. The lowest BCUT2D eigenvalue weighted by Gasteiger charge is -2.23. The van der Waals surface area contributed by atoms with Crippen molar-refractivity contribution in [3.8, 4) is 23.1 Å². The quantitative estimate of drug-likeness (QED) is 0.717. The summed E-state index contributed by atoms with van der Waals surface area (Å²) in [6.45, 7) is 0.748. The molecule has 1 atom stereocenters. The molecular weight excluding hydrogens is 314 g/mol. The zero-order chi connectivity index (χ0) is 17.2. The summed E-state index contributed by atoms with van der Waals surface area (Å²) in [5.41, 5.74) is 3.28. The smallest absolute Gasteiger partial charge is 0.150 e. The van der Waals surface area contributed by atoms with Crippen LogP contribution >= 0.6 is 0 Å². The number of fused-ring (bicyclic) bond motifs is 1. The van der Waals surface area contributed by atoms with Crippen molar-refractivity contribution in [1.82, 2.24) is 9.78 Å². The molecule has 5 heteroatoms. The molecule has 1 saturated heterocycles. The van der Waals surface area contributed by atoms with Gasteiger partial charge in [0.15, 0.2) is 6.23 Å². The van der Waals surface area contributed by atoms with E-state index in [1.165, 1.54) is 0 Å². The normalized spacial score (nSPS) is 17.4. The Labute approximate surface area is 146 Å². The molecule has 25 heavy (non-hydrogen) atoms. The third-order valence-corrected chi connectivity index (χ3v) is 4.63. The summed E-state index contributed by atoms with van der Waals surface area (Å²) in [6.07, 6.45) is 3.07. The van der Waals surface area contributed by atoms with E-state index in [4.69, 9.17) is 14.6 Å². The molecule has 4 rings (SSSR count). The lowest BCUT2D eigenvalue weighted by atomic mass is 10.0. The van der Waals surface area contributed by atoms with Crippen LogP contribution in [0.15, 0.2) is 42.5 Å². The van der Waals surface area contributed by atoms with Gasteiger partial charge in [0, 0.05) is 17.6 Å². The molecule has 5 nitrogen and oxygen atoms in total. The van der Waals surface area contributed by atoms with Crippen LogP contribution in [0.25, 0.3) is 22.2 Å². The van der Waals surface area contributed by atoms with Crippen LogP contribution in [0.5, 0.6) is 5.75 Å². The predicted octanol–water partition coefficient (Wildman–Crippen LogP) is 4.28. The highest BCUT2D eigenvalue weighted by atomic mass is 16.5. The minimum atomic E-state index is -0.0791. The Morgan fingerprint density at radius 3 is 2.88 bits per heavy atom. The Kier molecular flexibility index (Phi) is 4.12. The van der Waals surface area contributed by atoms with E-state index in [0.717, 1.165) is 53.8 Å². The van der Waals surface area contributed by atoms with E-state index in [9.17, 15) is 5.26 Å². The number of benzene rings is 2. The fourth-order valence-corrected chi connectivity index (χ4v) is 3.39. The highest BCUT2D eigenvalue weighted by Gasteiger charge is 2.23. The molecule has 1 aliphatic heterocycles. The molecule has 126 valence electrons. The van der Waals surface area contributed by atoms with Crippen LogP contribution < -0.4 is 4.74 Å². The fourth-order valence-electron chi connectivity index (χ4n) is 3.39. The second-order valence-corrected chi connectivity index (χ2v) is 6.16. The van der Waals surface area contributed by atoms with E-state index in [1.54, 1.807) is 7.11 Å². The second kappa shape index (κ2) is 6.58. The third-order valence-electron chi connectivity index (χ3n) is 4.63. The van der Waals surface area contributed by atoms with Gasteiger partial charge >= 0.3 is 0 Å². The first-order chi connectivity index (χ1) is 12.3. The Hall–Kier alpha value is -2.84. The summed E-state index contributed by atoms with van der Waals surface area (Å²) in [4.78, 5) is 0. The van der Waals surface area contributed by atoms with E-state index in [2.05, 4.69) is 6.07 Å². The summed E-state index contributed by atoms with van der Waals surface area (Å²) in [5.74, 6) is 0.767. The minimum absolute atomic E-state index is 0.0791. The first kappa shape index (κ1) is 15.7. The van der Waals surface area contributed by atoms with Gasteiger partial charge in [-0.25, -0.2) is 4.68 Å². The van der Waals surface area contributed by atoms with Gasteiger partial charge in [-0.1, -0.05) is 18.2 Å². The molecule has 2 heterocycles. The predicted molar refractivity (Wildman–Crippen MR) is 95.3 cm³/mol. The highest BCUT2D eigenvalue weighted by molar-refractivity contribution is 5.97. The zero-order valence-electron chi connectivity index (χ0n) is 14.1. The molecule has 0 saturated carbocycles. The molecule has 1 aromatic heterocycles. The third kappa shape index (κ3) is 2.75. The minimum Gasteiger partial charge on any atom is -0.497 e. The zero-order valence-corrected chi connectivity index (χ0v) is 14.1. The molecule has 0 N–H and O–H groups in total. The van der Waals surface area contributed by atoms with Crippen molar-refractivity contribution < 1.29 is 9.47 Å². The number of hydrogen-bond acceptors (Lipinski definition) is 4. The number of aromatic nitrogens is 2. The number of rotatable bonds is 3. The van der Waals surface area contributed by atoms with Crippen LogP contribution in [0.3, 0.4) is 0 Å². The Morgan fingerprint density at radius 1 is 1.24 bits per heavy atom. The molecule has 0 radical (unpaired) electrons. The van der Waals surface area contributed by atoms with Crippen molar-refractivity contribution in [3.63, 3.8) is 0 Å². The maximum atomic E-state index is 9.58. The van der Waals surface area contributed by atoms with Crippen molar-refractivity contribution >= 4 is 10.9 Å². The molecule has 1 fully saturated rings. The van der Waals surface area contributed by atoms with Gasteiger partial charge in [0.05, 0.1) is 24.3 Å². The molecular formula is C20H19N3O2. The van der Waals surface area contributed by atoms with Crippen molar-refractivity contribution in [2.45, 2.75) is 25.5 Å². The fraction of sp³-hybridized carbons (Fsp3) is 0.300. The summed E-state index contributed by atoms with van der Waals surface area (Å²) in [6, 6.07) is 15.8. The molecule has 0 aliphatic carbocycles. The number of hydrogen-bond donors (Lipinski definition) is 0. The highest BCUT2D eigenvalue weighted by Crippen LogP contribution is 2.35. The van der Waals surface area contributed by atoms with E-state index in [1.807, 2.05) is 47.1 Å². The largest absolute Gasteiger partial charge is 0.497 e. The summed E-state index contributed by atoms with van der Waals surface area (Å²) < 4.78 is 13.2.